The Balaban J connectivity index is 1.67. The number of aromatic hydroxyl groups is 1. The summed E-state index contributed by atoms with van der Waals surface area (Å²) in [5.74, 6) is 0.947. The fourth-order valence-electron chi connectivity index (χ4n) is 2.47. The van der Waals surface area contributed by atoms with E-state index in [1.807, 2.05) is 24.3 Å². The molecule has 0 aliphatic carbocycles. The second-order valence-corrected chi connectivity index (χ2v) is 6.98. The van der Waals surface area contributed by atoms with Gasteiger partial charge in [-0.15, -0.1) is 5.10 Å². The molecular weight excluding hydrogens is 348 g/mol. The number of benzene rings is 2. The third-order valence-corrected chi connectivity index (χ3v) is 5.20. The maximum atomic E-state index is 12.5. The standard InChI is InChI=1S/C19H20N4O2S/c1-3-13(2)14-4-6-15(7-5-14)18(25)12-26-19-20-21-22-23(19)16-8-10-17(24)11-9-16/h4-11,13,24H,3,12H2,1-2H3. The zero-order chi connectivity index (χ0) is 18.5. The van der Waals surface area contributed by atoms with Gasteiger partial charge in [0.25, 0.3) is 0 Å². The van der Waals surface area contributed by atoms with E-state index in [4.69, 9.17) is 0 Å². The molecular formula is C19H20N4O2S. The van der Waals surface area contributed by atoms with Crippen LogP contribution in [0.1, 0.15) is 42.1 Å². The molecule has 134 valence electrons. The number of rotatable bonds is 7. The Hall–Kier alpha value is -2.67. The van der Waals surface area contributed by atoms with Crippen LogP contribution in [0.3, 0.4) is 0 Å². The Bertz CT molecular complexity index is 875. The predicted octanol–water partition coefficient (Wildman–Crippen LogP) is 3.86. The van der Waals surface area contributed by atoms with E-state index in [9.17, 15) is 9.90 Å². The van der Waals surface area contributed by atoms with Gasteiger partial charge in [-0.05, 0) is 52.6 Å². The zero-order valence-electron chi connectivity index (χ0n) is 14.7. The van der Waals surface area contributed by atoms with E-state index in [0.29, 0.717) is 16.6 Å². The third-order valence-electron chi connectivity index (χ3n) is 4.28. The maximum absolute atomic E-state index is 12.5. The fourth-order valence-corrected chi connectivity index (χ4v) is 3.26. The van der Waals surface area contributed by atoms with E-state index in [2.05, 4.69) is 29.4 Å². The molecule has 0 radical (unpaired) electrons. The number of aromatic nitrogens is 4. The van der Waals surface area contributed by atoms with E-state index in [1.165, 1.54) is 17.3 Å². The lowest BCUT2D eigenvalue weighted by Crippen LogP contribution is -2.05. The average Bonchev–Trinajstić information content (AvgIpc) is 3.14. The minimum Gasteiger partial charge on any atom is -0.508 e. The molecule has 1 unspecified atom stereocenters. The minimum atomic E-state index is 0.0333. The van der Waals surface area contributed by atoms with Crippen LogP contribution in [0.2, 0.25) is 0 Å². The molecule has 3 aromatic rings. The van der Waals surface area contributed by atoms with Crippen LogP contribution in [0.25, 0.3) is 5.69 Å². The second-order valence-electron chi connectivity index (χ2n) is 6.03. The van der Waals surface area contributed by atoms with Gasteiger partial charge in [0.05, 0.1) is 11.4 Å². The molecule has 2 aromatic carbocycles. The van der Waals surface area contributed by atoms with E-state index in [-0.39, 0.29) is 17.3 Å². The van der Waals surface area contributed by atoms with E-state index < -0.39 is 0 Å². The summed E-state index contributed by atoms with van der Waals surface area (Å²) in [6.45, 7) is 4.33. The van der Waals surface area contributed by atoms with Crippen molar-refractivity contribution in [1.82, 2.24) is 20.2 Å². The molecule has 0 amide bonds. The van der Waals surface area contributed by atoms with Gasteiger partial charge in [0.1, 0.15) is 5.75 Å². The first-order chi connectivity index (χ1) is 12.6. The first-order valence-corrected chi connectivity index (χ1v) is 9.40. The number of nitrogens with zero attached hydrogens (tertiary/aromatic N) is 4. The van der Waals surface area contributed by atoms with Crippen LogP contribution >= 0.6 is 11.8 Å². The van der Waals surface area contributed by atoms with Gasteiger partial charge in [0, 0.05) is 5.56 Å². The second kappa shape index (κ2) is 8.14. The Morgan fingerprint density at radius 3 is 2.50 bits per heavy atom. The molecule has 6 nitrogen and oxygen atoms in total. The van der Waals surface area contributed by atoms with Gasteiger partial charge >= 0.3 is 0 Å². The average molecular weight is 368 g/mol. The number of phenolic OH excluding ortho intramolecular Hbond substituents is 1. The molecule has 0 saturated carbocycles. The van der Waals surface area contributed by atoms with Crippen LogP contribution in [0.5, 0.6) is 5.75 Å². The number of Topliss-reactive ketones (excluding diaryl/α,β-unsaturated/α-hetero) is 1. The van der Waals surface area contributed by atoms with Gasteiger partial charge < -0.3 is 5.11 Å². The normalized spacial score (nSPS) is 12.1. The first kappa shape index (κ1) is 18.1. The summed E-state index contributed by atoms with van der Waals surface area (Å²) in [7, 11) is 0. The summed E-state index contributed by atoms with van der Waals surface area (Å²) in [6.07, 6.45) is 1.07. The quantitative estimate of drug-likeness (QED) is 0.504. The number of carbonyl (C=O) groups is 1. The van der Waals surface area contributed by atoms with Gasteiger partial charge in [-0.25, -0.2) is 0 Å². The molecule has 3 rings (SSSR count). The summed E-state index contributed by atoms with van der Waals surface area (Å²) < 4.78 is 1.55. The monoisotopic (exact) mass is 368 g/mol. The number of phenols is 1. The molecule has 0 spiro atoms. The predicted molar refractivity (Wildman–Crippen MR) is 101 cm³/mol. The number of thioether (sulfide) groups is 1. The molecule has 7 heteroatoms. The van der Waals surface area contributed by atoms with Gasteiger partial charge in [0.15, 0.2) is 5.78 Å². The van der Waals surface area contributed by atoms with Crippen molar-refractivity contribution in [3.8, 4) is 11.4 Å². The van der Waals surface area contributed by atoms with Crippen molar-refractivity contribution in [2.75, 3.05) is 5.75 Å². The zero-order valence-corrected chi connectivity index (χ0v) is 15.5. The molecule has 1 atom stereocenters. The van der Waals surface area contributed by atoms with Crippen molar-refractivity contribution >= 4 is 17.5 Å². The molecule has 0 aliphatic heterocycles. The highest BCUT2D eigenvalue weighted by atomic mass is 32.2. The smallest absolute Gasteiger partial charge is 0.214 e. The Kier molecular flexibility index (Phi) is 5.68. The topological polar surface area (TPSA) is 80.9 Å². The summed E-state index contributed by atoms with van der Waals surface area (Å²) >= 11 is 1.29. The summed E-state index contributed by atoms with van der Waals surface area (Å²) in [4.78, 5) is 12.5. The highest BCUT2D eigenvalue weighted by Gasteiger charge is 2.13. The lowest BCUT2D eigenvalue weighted by molar-refractivity contribution is 0.102. The number of tetrazole rings is 1. The Labute approximate surface area is 156 Å². The van der Waals surface area contributed by atoms with Crippen LogP contribution in [-0.2, 0) is 0 Å². The lowest BCUT2D eigenvalue weighted by atomic mass is 9.97. The SMILES string of the molecule is CCC(C)c1ccc(C(=O)CSc2nnnn2-c2ccc(O)cc2)cc1. The molecule has 0 fully saturated rings. The Morgan fingerprint density at radius 2 is 1.85 bits per heavy atom. The van der Waals surface area contributed by atoms with Gasteiger partial charge in [-0.3, -0.25) is 4.79 Å². The molecule has 1 N–H and O–H groups in total. The van der Waals surface area contributed by atoms with Gasteiger partial charge in [0.2, 0.25) is 5.16 Å². The summed E-state index contributed by atoms with van der Waals surface area (Å²) in [5.41, 5.74) is 2.65. The molecule has 1 aromatic heterocycles. The van der Waals surface area contributed by atoms with Crippen molar-refractivity contribution in [2.24, 2.45) is 0 Å². The third kappa shape index (κ3) is 4.11. The lowest BCUT2D eigenvalue weighted by Gasteiger charge is -2.09. The Morgan fingerprint density at radius 1 is 1.15 bits per heavy atom. The highest BCUT2D eigenvalue weighted by Crippen LogP contribution is 2.22. The van der Waals surface area contributed by atoms with E-state index in [1.54, 1.807) is 28.9 Å². The van der Waals surface area contributed by atoms with Crippen molar-refractivity contribution in [3.05, 3.63) is 59.7 Å². The van der Waals surface area contributed by atoms with E-state index in [0.717, 1.165) is 12.1 Å². The van der Waals surface area contributed by atoms with Crippen LogP contribution < -0.4 is 0 Å². The number of hydrogen-bond donors (Lipinski definition) is 1. The first-order valence-electron chi connectivity index (χ1n) is 8.42. The number of ketones is 1. The molecule has 0 aliphatic rings. The minimum absolute atomic E-state index is 0.0333. The van der Waals surface area contributed by atoms with E-state index >= 15 is 0 Å². The fraction of sp³-hybridized carbons (Fsp3) is 0.263. The summed E-state index contributed by atoms with van der Waals surface area (Å²) in [5, 5.41) is 21.5. The van der Waals surface area contributed by atoms with Crippen LogP contribution in [0.15, 0.2) is 53.7 Å². The number of carbonyl (C=O) groups excluding carboxylic acids is 1. The molecule has 0 saturated heterocycles. The molecule has 0 bridgehead atoms. The molecule has 1 heterocycles. The van der Waals surface area contributed by atoms with Crippen molar-refractivity contribution < 1.29 is 9.90 Å². The highest BCUT2D eigenvalue weighted by molar-refractivity contribution is 7.99. The maximum Gasteiger partial charge on any atom is 0.214 e. The van der Waals surface area contributed by atoms with Crippen molar-refractivity contribution in [1.29, 1.82) is 0 Å². The molecule has 26 heavy (non-hydrogen) atoms. The van der Waals surface area contributed by atoms with Crippen molar-refractivity contribution in [3.63, 3.8) is 0 Å². The number of hydrogen-bond acceptors (Lipinski definition) is 6. The van der Waals surface area contributed by atoms with Crippen LogP contribution in [0.4, 0.5) is 0 Å². The van der Waals surface area contributed by atoms with Crippen molar-refractivity contribution in [2.45, 2.75) is 31.3 Å². The van der Waals surface area contributed by atoms with Crippen LogP contribution in [0, 0.1) is 0 Å². The van der Waals surface area contributed by atoms with Crippen LogP contribution in [-0.4, -0.2) is 36.8 Å². The largest absolute Gasteiger partial charge is 0.508 e. The van der Waals surface area contributed by atoms with Gasteiger partial charge in [-0.2, -0.15) is 4.68 Å². The van der Waals surface area contributed by atoms with Gasteiger partial charge in [-0.1, -0.05) is 49.9 Å². The summed E-state index contributed by atoms with van der Waals surface area (Å²) in [6, 6.07) is 14.4.